The Labute approximate surface area is 126 Å². The van der Waals surface area contributed by atoms with Gasteiger partial charge in [-0.3, -0.25) is 4.79 Å². The van der Waals surface area contributed by atoms with Crippen LogP contribution in [0.4, 0.5) is 18.9 Å². The molecule has 0 unspecified atom stereocenters. The number of halogens is 5. The molecule has 0 fully saturated rings. The van der Waals surface area contributed by atoms with E-state index >= 15 is 0 Å². The van der Waals surface area contributed by atoms with Gasteiger partial charge in [0.2, 0.25) is 0 Å². The van der Waals surface area contributed by atoms with Crippen molar-refractivity contribution < 1.29 is 18.0 Å². The lowest BCUT2D eigenvalue weighted by atomic mass is 10.1. The van der Waals surface area contributed by atoms with Gasteiger partial charge < -0.3 is 5.32 Å². The first-order chi connectivity index (χ1) is 9.27. The summed E-state index contributed by atoms with van der Waals surface area (Å²) in [6.45, 7) is 0. The number of carbonyl (C=O) groups is 1. The zero-order valence-corrected chi connectivity index (χ0v) is 11.9. The van der Waals surface area contributed by atoms with E-state index in [4.69, 9.17) is 23.2 Å². The van der Waals surface area contributed by atoms with E-state index in [1.807, 2.05) is 0 Å². The van der Waals surface area contributed by atoms with Crippen LogP contribution in [0.1, 0.15) is 15.2 Å². The van der Waals surface area contributed by atoms with Crippen LogP contribution in [0.25, 0.3) is 0 Å². The number of rotatable bonds is 2. The Morgan fingerprint density at radius 1 is 1.15 bits per heavy atom. The van der Waals surface area contributed by atoms with Crippen LogP contribution in [-0.4, -0.2) is 5.91 Å². The zero-order valence-electron chi connectivity index (χ0n) is 9.59. The van der Waals surface area contributed by atoms with Gasteiger partial charge in [-0.25, -0.2) is 0 Å². The van der Waals surface area contributed by atoms with Crippen molar-refractivity contribution in [2.75, 3.05) is 5.32 Å². The van der Waals surface area contributed by atoms with Gasteiger partial charge in [0.1, 0.15) is 0 Å². The topological polar surface area (TPSA) is 29.1 Å². The number of benzene rings is 1. The number of nitrogens with one attached hydrogen (secondary N) is 1. The second-order valence-electron chi connectivity index (χ2n) is 3.75. The van der Waals surface area contributed by atoms with Gasteiger partial charge >= 0.3 is 6.18 Å². The van der Waals surface area contributed by atoms with Gasteiger partial charge in [0.25, 0.3) is 5.91 Å². The first kappa shape index (κ1) is 15.2. The van der Waals surface area contributed by atoms with Crippen LogP contribution in [0.2, 0.25) is 9.36 Å². The first-order valence-electron chi connectivity index (χ1n) is 5.21. The predicted molar refractivity (Wildman–Crippen MR) is 73.7 cm³/mol. The van der Waals surface area contributed by atoms with E-state index in [9.17, 15) is 18.0 Å². The van der Waals surface area contributed by atoms with E-state index in [-0.39, 0.29) is 15.6 Å². The SMILES string of the molecule is O=C(Nc1ccc(Cl)cc1C(F)(F)F)c1ccc(Cl)s1. The number of hydrogen-bond donors (Lipinski definition) is 1. The van der Waals surface area contributed by atoms with Gasteiger partial charge in [-0.2, -0.15) is 13.2 Å². The third-order valence-electron chi connectivity index (χ3n) is 2.33. The van der Waals surface area contributed by atoms with Gasteiger partial charge in [-0.05, 0) is 30.3 Å². The highest BCUT2D eigenvalue weighted by atomic mass is 35.5. The molecule has 0 atom stereocenters. The summed E-state index contributed by atoms with van der Waals surface area (Å²) in [5.41, 5.74) is -1.35. The Kier molecular flexibility index (Phi) is 4.27. The van der Waals surface area contributed by atoms with Gasteiger partial charge in [0.05, 0.1) is 20.5 Å². The van der Waals surface area contributed by atoms with Crippen LogP contribution in [0.15, 0.2) is 30.3 Å². The standard InChI is InChI=1S/C12H6Cl2F3NOS/c13-6-1-2-8(7(5-6)12(15,16)17)18-11(19)9-3-4-10(14)20-9/h1-5H,(H,18,19). The van der Waals surface area contributed by atoms with Crippen molar-refractivity contribution in [1.82, 2.24) is 0 Å². The van der Waals surface area contributed by atoms with Gasteiger partial charge in [-0.1, -0.05) is 23.2 Å². The van der Waals surface area contributed by atoms with Crippen LogP contribution in [0, 0.1) is 0 Å². The third-order valence-corrected chi connectivity index (χ3v) is 3.80. The van der Waals surface area contributed by atoms with Crippen molar-refractivity contribution in [1.29, 1.82) is 0 Å². The van der Waals surface area contributed by atoms with E-state index in [1.165, 1.54) is 18.2 Å². The lowest BCUT2D eigenvalue weighted by Crippen LogP contribution is -2.15. The van der Waals surface area contributed by atoms with E-state index < -0.39 is 17.6 Å². The summed E-state index contributed by atoms with van der Waals surface area (Å²) < 4.78 is 38.9. The Bertz CT molecular complexity index is 654. The van der Waals surface area contributed by atoms with Gasteiger partial charge in [-0.15, -0.1) is 11.3 Å². The Hall–Kier alpha value is -1.24. The van der Waals surface area contributed by atoms with E-state index in [0.717, 1.165) is 23.5 Å². The highest BCUT2D eigenvalue weighted by molar-refractivity contribution is 7.18. The van der Waals surface area contributed by atoms with E-state index in [2.05, 4.69) is 5.32 Å². The summed E-state index contributed by atoms with van der Waals surface area (Å²) in [5.74, 6) is -0.658. The molecule has 1 N–H and O–H groups in total. The van der Waals surface area contributed by atoms with Crippen LogP contribution in [0.3, 0.4) is 0 Å². The monoisotopic (exact) mass is 339 g/mol. The molecule has 0 bridgehead atoms. The molecule has 20 heavy (non-hydrogen) atoms. The second-order valence-corrected chi connectivity index (χ2v) is 5.90. The minimum absolute atomic E-state index is 0.0607. The molecule has 0 aliphatic rings. The smallest absolute Gasteiger partial charge is 0.321 e. The number of hydrogen-bond acceptors (Lipinski definition) is 2. The molecule has 0 radical (unpaired) electrons. The molecule has 0 aliphatic carbocycles. The molecule has 0 aliphatic heterocycles. The summed E-state index contributed by atoms with van der Waals surface area (Å²) in [7, 11) is 0. The Morgan fingerprint density at radius 3 is 2.40 bits per heavy atom. The minimum atomic E-state index is -4.61. The van der Waals surface area contributed by atoms with Crippen molar-refractivity contribution in [3.8, 4) is 0 Å². The highest BCUT2D eigenvalue weighted by Crippen LogP contribution is 2.36. The average Bonchev–Trinajstić information content (AvgIpc) is 2.77. The second kappa shape index (κ2) is 5.63. The third kappa shape index (κ3) is 3.45. The molecule has 0 saturated heterocycles. The molecule has 2 nitrogen and oxygen atoms in total. The molecule has 1 heterocycles. The number of amides is 1. The maximum Gasteiger partial charge on any atom is 0.418 e. The fourth-order valence-electron chi connectivity index (χ4n) is 1.48. The molecule has 2 rings (SSSR count). The highest BCUT2D eigenvalue weighted by Gasteiger charge is 2.34. The molecule has 1 aromatic carbocycles. The van der Waals surface area contributed by atoms with Crippen molar-refractivity contribution in [2.45, 2.75) is 6.18 Å². The summed E-state index contributed by atoms with van der Waals surface area (Å²) in [4.78, 5) is 12.1. The normalized spacial score (nSPS) is 11.4. The van der Waals surface area contributed by atoms with Crippen molar-refractivity contribution in [3.63, 3.8) is 0 Å². The van der Waals surface area contributed by atoms with Crippen molar-refractivity contribution in [3.05, 3.63) is 50.1 Å². The largest absolute Gasteiger partial charge is 0.418 e. The van der Waals surface area contributed by atoms with E-state index in [1.54, 1.807) is 0 Å². The predicted octanol–water partition coefficient (Wildman–Crippen LogP) is 5.33. The molecule has 1 amide bonds. The van der Waals surface area contributed by atoms with Crippen molar-refractivity contribution >= 4 is 46.1 Å². The van der Waals surface area contributed by atoms with Crippen LogP contribution in [0.5, 0.6) is 0 Å². The zero-order chi connectivity index (χ0) is 14.9. The summed E-state index contributed by atoms with van der Waals surface area (Å²) in [5, 5.41) is 2.15. The number of carbonyl (C=O) groups excluding carboxylic acids is 1. The fourth-order valence-corrected chi connectivity index (χ4v) is 2.59. The minimum Gasteiger partial charge on any atom is -0.321 e. The van der Waals surface area contributed by atoms with Crippen LogP contribution >= 0.6 is 34.5 Å². The maximum absolute atomic E-state index is 12.9. The number of alkyl halides is 3. The Balaban J connectivity index is 2.32. The molecule has 106 valence electrons. The molecule has 8 heteroatoms. The van der Waals surface area contributed by atoms with Crippen LogP contribution < -0.4 is 5.32 Å². The number of anilines is 1. The molecular formula is C12H6Cl2F3NOS. The molecular weight excluding hydrogens is 334 g/mol. The summed E-state index contributed by atoms with van der Waals surface area (Å²) in [6.07, 6.45) is -4.61. The maximum atomic E-state index is 12.9. The lowest BCUT2D eigenvalue weighted by molar-refractivity contribution is -0.136. The van der Waals surface area contributed by atoms with Crippen molar-refractivity contribution in [2.24, 2.45) is 0 Å². The quantitative estimate of drug-likeness (QED) is 0.787. The summed E-state index contributed by atoms with van der Waals surface area (Å²) >= 11 is 12.2. The molecule has 0 saturated carbocycles. The van der Waals surface area contributed by atoms with Gasteiger partial charge in [0.15, 0.2) is 0 Å². The molecule has 2 aromatic rings. The fraction of sp³-hybridized carbons (Fsp3) is 0.0833. The Morgan fingerprint density at radius 2 is 1.85 bits per heavy atom. The van der Waals surface area contributed by atoms with E-state index in [0.29, 0.717) is 4.34 Å². The number of thiophene rings is 1. The van der Waals surface area contributed by atoms with Gasteiger partial charge in [0, 0.05) is 5.02 Å². The molecule has 0 spiro atoms. The lowest BCUT2D eigenvalue weighted by Gasteiger charge is -2.13. The molecule has 1 aromatic heterocycles. The summed E-state index contributed by atoms with van der Waals surface area (Å²) in [6, 6.07) is 6.07. The van der Waals surface area contributed by atoms with Crippen LogP contribution in [-0.2, 0) is 6.18 Å². The average molecular weight is 340 g/mol. The first-order valence-corrected chi connectivity index (χ1v) is 6.78.